The molecule has 0 aliphatic heterocycles. The van der Waals surface area contributed by atoms with E-state index in [2.05, 4.69) is 0 Å². The largest absolute Gasteiger partial charge is 1.00 e. The standard InChI is InChI=1S/FH2O4P.H3N.Na/c1-5-6(2,3)4;;/h(H2,2,3,4);1H3;/q;;+1/p-1. The van der Waals surface area contributed by atoms with Crippen molar-refractivity contribution in [1.82, 2.24) is 6.15 Å². The van der Waals surface area contributed by atoms with Gasteiger partial charge in [-0.2, -0.15) is 0 Å². The van der Waals surface area contributed by atoms with E-state index in [-0.39, 0.29) is 35.7 Å². The second-order valence-electron chi connectivity index (χ2n) is 0.538. The molecule has 1 atom stereocenters. The first-order valence-corrected chi connectivity index (χ1v) is 2.40. The summed E-state index contributed by atoms with van der Waals surface area (Å²) < 4.78 is 21.2. The first-order valence-electron chi connectivity index (χ1n) is 0.902. The van der Waals surface area contributed by atoms with E-state index in [1.54, 1.807) is 0 Å². The predicted molar refractivity (Wildman–Crippen MR) is 17.0 cm³/mol. The first-order chi connectivity index (χ1) is 2.56. The average Bonchev–Trinajstić information content (AvgIpc) is 1.35. The molecule has 5 nitrogen and oxygen atoms in total. The Bertz CT molecular complexity index is 80.1. The Morgan fingerprint density at radius 3 is 1.88 bits per heavy atom. The van der Waals surface area contributed by atoms with Crippen molar-refractivity contribution >= 4 is 7.82 Å². The molecule has 1 unspecified atom stereocenters. The van der Waals surface area contributed by atoms with E-state index in [4.69, 9.17) is 14.4 Å². The molecule has 0 aromatic rings. The minimum Gasteiger partial charge on any atom is -0.754 e. The summed E-state index contributed by atoms with van der Waals surface area (Å²) in [7, 11) is -5.06. The van der Waals surface area contributed by atoms with Crippen molar-refractivity contribution in [3.8, 4) is 0 Å². The van der Waals surface area contributed by atoms with Crippen LogP contribution >= 0.6 is 7.82 Å². The summed E-state index contributed by atoms with van der Waals surface area (Å²) in [6.45, 7) is 0. The molecule has 0 bridgehead atoms. The Kier molecular flexibility index (Phi) is 12.2. The van der Waals surface area contributed by atoms with Crippen molar-refractivity contribution < 1.29 is 53.2 Å². The van der Waals surface area contributed by atoms with Crippen LogP contribution in [0.2, 0.25) is 0 Å². The van der Waals surface area contributed by atoms with E-state index in [9.17, 15) is 4.53 Å². The Morgan fingerprint density at radius 1 is 1.75 bits per heavy atom. The van der Waals surface area contributed by atoms with Gasteiger partial charge in [-0.3, -0.25) is 4.57 Å². The fourth-order valence-electron chi connectivity index (χ4n) is 0. The maximum Gasteiger partial charge on any atom is 1.00 e. The van der Waals surface area contributed by atoms with Crippen molar-refractivity contribution in [2.75, 3.05) is 0 Å². The van der Waals surface area contributed by atoms with Crippen LogP contribution in [0.4, 0.5) is 4.53 Å². The van der Waals surface area contributed by atoms with Crippen LogP contribution in [-0.2, 0) is 9.29 Å². The van der Waals surface area contributed by atoms with E-state index < -0.39 is 7.82 Å². The fourth-order valence-corrected chi connectivity index (χ4v) is 0. The quantitative estimate of drug-likeness (QED) is 0.302. The zero-order chi connectivity index (χ0) is 5.21. The van der Waals surface area contributed by atoms with Gasteiger partial charge >= 0.3 is 37.4 Å². The minimum absolute atomic E-state index is 0. The van der Waals surface area contributed by atoms with Crippen LogP contribution in [0.25, 0.3) is 0 Å². The van der Waals surface area contributed by atoms with Gasteiger partial charge in [0.25, 0.3) is 0 Å². The molecule has 0 rings (SSSR count). The van der Waals surface area contributed by atoms with E-state index in [0.29, 0.717) is 0 Å². The SMILES string of the molecule is N.O=P([O-])(O)OF.[Na+]. The van der Waals surface area contributed by atoms with Crippen LogP contribution in [0, 0.1) is 0 Å². The minimum atomic E-state index is -5.06. The number of rotatable bonds is 1. The molecule has 0 amide bonds. The summed E-state index contributed by atoms with van der Waals surface area (Å²) in [6, 6.07) is 0. The molecule has 0 saturated heterocycles. The fraction of sp³-hybridized carbons (Fsp3) is 0. The molecule has 8 heavy (non-hydrogen) atoms. The molecule has 0 heterocycles. The van der Waals surface area contributed by atoms with E-state index >= 15 is 0 Å². The zero-order valence-corrected chi connectivity index (χ0v) is 7.10. The first kappa shape index (κ1) is 16.0. The third-order valence-corrected chi connectivity index (χ3v) is 0.262. The zero-order valence-electron chi connectivity index (χ0n) is 4.20. The number of hydrogen-bond donors (Lipinski definition) is 2. The molecule has 0 aromatic carbocycles. The molecule has 0 spiro atoms. The van der Waals surface area contributed by atoms with Crippen molar-refractivity contribution in [2.45, 2.75) is 0 Å². The van der Waals surface area contributed by atoms with Gasteiger partial charge < -0.3 is 15.9 Å². The Morgan fingerprint density at radius 2 is 1.88 bits per heavy atom. The smallest absolute Gasteiger partial charge is 0.754 e. The molecule has 0 aliphatic rings. The van der Waals surface area contributed by atoms with Crippen LogP contribution in [0.5, 0.6) is 0 Å². The Hall–Kier alpha value is 1.00. The molecule has 0 radical (unpaired) electrons. The maximum atomic E-state index is 10.2. The normalized spacial score (nSPS) is 14.9. The monoisotopic (exact) mass is 155 g/mol. The van der Waals surface area contributed by atoms with Gasteiger partial charge in [0, 0.05) is 0 Å². The topological polar surface area (TPSA) is 105 Å². The van der Waals surface area contributed by atoms with Crippen molar-refractivity contribution in [2.24, 2.45) is 0 Å². The molecule has 8 heteroatoms. The van der Waals surface area contributed by atoms with Crippen molar-refractivity contribution in [1.29, 1.82) is 0 Å². The van der Waals surface area contributed by atoms with E-state index in [0.717, 1.165) is 0 Å². The number of hydrogen-bond acceptors (Lipinski definition) is 4. The van der Waals surface area contributed by atoms with Crippen LogP contribution in [0.3, 0.4) is 0 Å². The van der Waals surface area contributed by atoms with Gasteiger partial charge in [-0.25, -0.2) is 0 Å². The van der Waals surface area contributed by atoms with E-state index in [1.807, 2.05) is 4.73 Å². The van der Waals surface area contributed by atoms with Crippen LogP contribution in [-0.4, -0.2) is 4.89 Å². The number of halogens is 1. The molecule has 0 fully saturated rings. The summed E-state index contributed by atoms with van der Waals surface area (Å²) in [5.74, 6) is 0. The predicted octanol–water partition coefficient (Wildman–Crippen LogP) is -3.49. The van der Waals surface area contributed by atoms with Gasteiger partial charge in [0.2, 0.25) is 0 Å². The van der Waals surface area contributed by atoms with Gasteiger partial charge in [0.1, 0.15) is 0 Å². The second kappa shape index (κ2) is 6.12. The average molecular weight is 155 g/mol. The van der Waals surface area contributed by atoms with Crippen LogP contribution < -0.4 is 40.6 Å². The third-order valence-electron chi connectivity index (χ3n) is 0.0872. The number of phosphoric acid groups is 1. The van der Waals surface area contributed by atoms with Gasteiger partial charge in [0.15, 0.2) is 0 Å². The molecular weight excluding hydrogens is 151 g/mol. The van der Waals surface area contributed by atoms with Crippen molar-refractivity contribution in [3.05, 3.63) is 0 Å². The summed E-state index contributed by atoms with van der Waals surface area (Å²) in [6.07, 6.45) is 0. The molecule has 0 aromatic heterocycles. The summed E-state index contributed by atoms with van der Waals surface area (Å²) in [5.41, 5.74) is 0. The molecule has 0 saturated carbocycles. The van der Waals surface area contributed by atoms with Gasteiger partial charge in [0.05, 0.1) is 0 Å². The molecule has 46 valence electrons. The summed E-state index contributed by atoms with van der Waals surface area (Å²) >= 11 is 0. The third kappa shape index (κ3) is 15.8. The summed E-state index contributed by atoms with van der Waals surface area (Å²) in [4.78, 5) is 16.2. The van der Waals surface area contributed by atoms with Gasteiger partial charge in [-0.1, -0.05) is 0 Å². The molecular formula is H4FNNaO4P. The molecule has 0 aliphatic carbocycles. The van der Waals surface area contributed by atoms with Crippen LogP contribution in [0.15, 0.2) is 0 Å². The van der Waals surface area contributed by atoms with Crippen molar-refractivity contribution in [3.63, 3.8) is 0 Å². The maximum absolute atomic E-state index is 10.2. The molecule has 4 N–H and O–H groups in total. The van der Waals surface area contributed by atoms with Gasteiger partial charge in [-0.05, 0) is 4.53 Å². The Labute approximate surface area is 67.2 Å². The van der Waals surface area contributed by atoms with Gasteiger partial charge in [-0.15, -0.1) is 4.73 Å². The Balaban J connectivity index is -0.000000125. The van der Waals surface area contributed by atoms with Crippen LogP contribution in [0.1, 0.15) is 0 Å². The summed E-state index contributed by atoms with van der Waals surface area (Å²) in [5, 5.41) is 0. The second-order valence-corrected chi connectivity index (χ2v) is 1.61. The van der Waals surface area contributed by atoms with E-state index in [1.165, 1.54) is 0 Å².